The van der Waals surface area contributed by atoms with E-state index in [4.69, 9.17) is 9.66 Å². The molecule has 0 aliphatic carbocycles. The molecule has 0 aromatic heterocycles. The Kier molecular flexibility index (Phi) is 3.27. The van der Waals surface area contributed by atoms with Crippen molar-refractivity contribution in [3.8, 4) is 5.75 Å². The predicted octanol–water partition coefficient (Wildman–Crippen LogP) is 1.37. The number of phenolic OH excluding ortho intramolecular Hbond substituents is 1. The molecule has 0 fully saturated rings. The van der Waals surface area contributed by atoms with Gasteiger partial charge < -0.3 is 15.0 Å². The molecule has 1 rings (SSSR count). The van der Waals surface area contributed by atoms with E-state index in [1.165, 1.54) is 12.1 Å². The van der Waals surface area contributed by atoms with Crippen LogP contribution < -0.4 is 5.32 Å². The third kappa shape index (κ3) is 3.04. The van der Waals surface area contributed by atoms with Crippen molar-refractivity contribution in [3.05, 3.63) is 24.3 Å². The smallest absolute Gasteiger partial charge is 0.175 e. The molecular weight excluding hydrogens is 190 g/mol. The molecule has 1 aromatic carbocycles. The monoisotopic (exact) mass is 201 g/mol. The van der Waals surface area contributed by atoms with Gasteiger partial charge in [-0.3, -0.25) is 0 Å². The molecule has 0 saturated carbocycles. The van der Waals surface area contributed by atoms with Gasteiger partial charge in [0.25, 0.3) is 0 Å². The molecule has 0 amide bonds. The molecule has 0 aliphatic heterocycles. The van der Waals surface area contributed by atoms with E-state index in [1.807, 2.05) is 0 Å². The molecule has 72 valence electrons. The Balaban J connectivity index is 2.64. The lowest BCUT2D eigenvalue weighted by Gasteiger charge is -2.10. The second-order valence-electron chi connectivity index (χ2n) is 2.61. The van der Waals surface area contributed by atoms with Crippen LogP contribution in [0.5, 0.6) is 5.75 Å². The Hall–Kier alpha value is -1.07. The van der Waals surface area contributed by atoms with Crippen LogP contribution in [0.4, 0.5) is 5.69 Å². The van der Waals surface area contributed by atoms with Crippen LogP contribution in [0, 0.1) is 0 Å². The molecule has 3 N–H and O–H groups in total. The summed E-state index contributed by atoms with van der Waals surface area (Å²) in [5, 5.41) is 11.2. The Bertz CT molecular complexity index is 299. The molecule has 0 aliphatic rings. The van der Waals surface area contributed by atoms with Gasteiger partial charge in [0.05, 0.1) is 0 Å². The first-order valence-electron chi connectivity index (χ1n) is 3.75. The van der Waals surface area contributed by atoms with Crippen LogP contribution in [0.2, 0.25) is 0 Å². The van der Waals surface area contributed by atoms with E-state index in [0.29, 0.717) is 5.69 Å². The lowest BCUT2D eigenvalue weighted by molar-refractivity contribution is 0.475. The Morgan fingerprint density at radius 2 is 1.92 bits per heavy atom. The van der Waals surface area contributed by atoms with Crippen molar-refractivity contribution in [2.45, 2.75) is 12.3 Å². The lowest BCUT2D eigenvalue weighted by atomic mass is 10.3. The van der Waals surface area contributed by atoms with E-state index in [9.17, 15) is 4.21 Å². The molecule has 5 heteroatoms. The van der Waals surface area contributed by atoms with E-state index >= 15 is 0 Å². The zero-order valence-electron chi connectivity index (χ0n) is 7.10. The first-order valence-corrected chi connectivity index (χ1v) is 4.92. The van der Waals surface area contributed by atoms with Crippen molar-refractivity contribution in [2.75, 3.05) is 5.32 Å². The Morgan fingerprint density at radius 3 is 2.38 bits per heavy atom. The summed E-state index contributed by atoms with van der Waals surface area (Å²) in [6.07, 6.45) is 0. The number of benzene rings is 1. The van der Waals surface area contributed by atoms with Crippen molar-refractivity contribution in [1.82, 2.24) is 0 Å². The second-order valence-corrected chi connectivity index (χ2v) is 3.87. The van der Waals surface area contributed by atoms with Crippen molar-refractivity contribution in [2.24, 2.45) is 0 Å². The molecule has 0 bridgehead atoms. The molecular formula is C8H11NO3S. The number of hydrogen-bond acceptors (Lipinski definition) is 3. The number of hydrogen-bond donors (Lipinski definition) is 3. The Labute approximate surface area is 78.9 Å². The molecule has 0 saturated heterocycles. The number of nitrogens with one attached hydrogen (secondary N) is 1. The largest absolute Gasteiger partial charge is 0.508 e. The van der Waals surface area contributed by atoms with Gasteiger partial charge in [0, 0.05) is 5.69 Å². The summed E-state index contributed by atoms with van der Waals surface area (Å²) in [5.74, 6) is 0.170. The maximum Gasteiger partial charge on any atom is 0.175 e. The van der Waals surface area contributed by atoms with Crippen LogP contribution in [0.1, 0.15) is 6.92 Å². The van der Waals surface area contributed by atoms with Gasteiger partial charge in [-0.2, -0.15) is 0 Å². The molecule has 0 heterocycles. The van der Waals surface area contributed by atoms with Crippen molar-refractivity contribution >= 4 is 16.8 Å². The topological polar surface area (TPSA) is 69.6 Å². The third-order valence-electron chi connectivity index (χ3n) is 1.54. The van der Waals surface area contributed by atoms with E-state index < -0.39 is 16.5 Å². The van der Waals surface area contributed by atoms with E-state index in [2.05, 4.69) is 5.32 Å². The zero-order valence-corrected chi connectivity index (χ0v) is 7.91. The van der Waals surface area contributed by atoms with Crippen LogP contribution in [0.15, 0.2) is 24.3 Å². The van der Waals surface area contributed by atoms with Gasteiger partial charge in [0.1, 0.15) is 11.1 Å². The minimum Gasteiger partial charge on any atom is -0.508 e. The van der Waals surface area contributed by atoms with Crippen molar-refractivity contribution < 1.29 is 13.9 Å². The lowest BCUT2D eigenvalue weighted by Crippen LogP contribution is -2.20. The van der Waals surface area contributed by atoms with E-state index in [-0.39, 0.29) is 5.75 Å². The third-order valence-corrected chi connectivity index (χ3v) is 2.26. The predicted molar refractivity (Wildman–Crippen MR) is 52.0 cm³/mol. The quantitative estimate of drug-likeness (QED) is 0.510. The summed E-state index contributed by atoms with van der Waals surface area (Å²) in [7, 11) is 0. The SMILES string of the molecule is CC(Nc1ccc(O)cc1)S(=O)O. The fraction of sp³-hybridized carbons (Fsp3) is 0.250. The van der Waals surface area contributed by atoms with Crippen molar-refractivity contribution in [3.63, 3.8) is 0 Å². The van der Waals surface area contributed by atoms with Crippen molar-refractivity contribution in [1.29, 1.82) is 0 Å². The van der Waals surface area contributed by atoms with Crippen LogP contribution in [0.3, 0.4) is 0 Å². The number of phenols is 1. The van der Waals surface area contributed by atoms with Crippen LogP contribution in [0.25, 0.3) is 0 Å². The van der Waals surface area contributed by atoms with Gasteiger partial charge in [-0.1, -0.05) is 0 Å². The van der Waals surface area contributed by atoms with Crippen LogP contribution >= 0.6 is 0 Å². The summed E-state index contributed by atoms with van der Waals surface area (Å²) in [6.45, 7) is 1.60. The highest BCUT2D eigenvalue weighted by Crippen LogP contribution is 2.14. The zero-order chi connectivity index (χ0) is 9.84. The minimum absolute atomic E-state index is 0.170. The van der Waals surface area contributed by atoms with Gasteiger partial charge in [0.15, 0.2) is 11.1 Å². The maximum absolute atomic E-state index is 10.6. The number of rotatable bonds is 3. The summed E-state index contributed by atoms with van der Waals surface area (Å²) >= 11 is -1.89. The fourth-order valence-electron chi connectivity index (χ4n) is 0.843. The van der Waals surface area contributed by atoms with Gasteiger partial charge >= 0.3 is 0 Å². The average molecular weight is 201 g/mol. The summed E-state index contributed by atoms with van der Waals surface area (Å²) in [5.41, 5.74) is 0.702. The molecule has 0 radical (unpaired) electrons. The number of aromatic hydroxyl groups is 1. The van der Waals surface area contributed by atoms with E-state index in [1.54, 1.807) is 19.1 Å². The summed E-state index contributed by atoms with van der Waals surface area (Å²) in [6, 6.07) is 6.29. The molecule has 4 nitrogen and oxygen atoms in total. The average Bonchev–Trinajstić information content (AvgIpc) is 2.08. The summed E-state index contributed by atoms with van der Waals surface area (Å²) in [4.78, 5) is 0. The normalized spacial score (nSPS) is 14.9. The van der Waals surface area contributed by atoms with Crippen LogP contribution in [-0.2, 0) is 11.1 Å². The molecule has 2 atom stereocenters. The highest BCUT2D eigenvalue weighted by molar-refractivity contribution is 7.80. The molecule has 2 unspecified atom stereocenters. The first kappa shape index (κ1) is 10.0. The fourth-order valence-corrected chi connectivity index (χ4v) is 1.08. The van der Waals surface area contributed by atoms with Gasteiger partial charge in [-0.15, -0.1) is 0 Å². The second kappa shape index (κ2) is 4.25. The standard InChI is InChI=1S/C8H11NO3S/c1-6(13(11)12)9-7-2-4-8(10)5-3-7/h2-6,9-10H,1H3,(H,11,12). The van der Waals surface area contributed by atoms with Gasteiger partial charge in [0.2, 0.25) is 0 Å². The maximum atomic E-state index is 10.6. The van der Waals surface area contributed by atoms with Gasteiger partial charge in [-0.25, -0.2) is 4.21 Å². The summed E-state index contributed by atoms with van der Waals surface area (Å²) < 4.78 is 19.3. The van der Waals surface area contributed by atoms with E-state index in [0.717, 1.165) is 0 Å². The molecule has 13 heavy (non-hydrogen) atoms. The minimum atomic E-state index is -1.89. The Morgan fingerprint density at radius 1 is 1.38 bits per heavy atom. The highest BCUT2D eigenvalue weighted by Gasteiger charge is 2.06. The molecule has 0 spiro atoms. The van der Waals surface area contributed by atoms with Crippen LogP contribution in [-0.4, -0.2) is 19.2 Å². The first-order chi connectivity index (χ1) is 6.09. The molecule has 1 aromatic rings. The van der Waals surface area contributed by atoms with Gasteiger partial charge in [-0.05, 0) is 31.2 Å². The number of anilines is 1. The highest BCUT2D eigenvalue weighted by atomic mass is 32.2.